The van der Waals surface area contributed by atoms with Crippen LogP contribution in [-0.4, -0.2) is 47.3 Å². The summed E-state index contributed by atoms with van der Waals surface area (Å²) in [6.07, 6.45) is 0. The van der Waals surface area contributed by atoms with E-state index in [1.807, 2.05) is 77.9 Å². The molecule has 2 rings (SSSR count). The Kier molecular flexibility index (Phi) is 9.76. The van der Waals surface area contributed by atoms with Crippen LogP contribution in [0.2, 0.25) is 0 Å². The summed E-state index contributed by atoms with van der Waals surface area (Å²) in [4.78, 5) is 14.6. The molecule has 194 valence electrons. The molecule has 1 unspecified atom stereocenters. The molecule has 0 bridgehead atoms. The van der Waals surface area contributed by atoms with Crippen LogP contribution in [0.4, 0.5) is 0 Å². The number of aliphatic carboxylic acids is 1. The maximum atomic E-state index is 12.3. The van der Waals surface area contributed by atoms with E-state index in [9.17, 15) is 15.0 Å². The number of phenols is 1. The Morgan fingerprint density at radius 3 is 1.91 bits per heavy atom. The van der Waals surface area contributed by atoms with E-state index in [1.54, 1.807) is 0 Å². The molecule has 0 aliphatic heterocycles. The van der Waals surface area contributed by atoms with Gasteiger partial charge in [-0.05, 0) is 70.4 Å². The van der Waals surface area contributed by atoms with Gasteiger partial charge in [0.1, 0.15) is 24.1 Å². The largest absolute Gasteiger partial charge is 0.507 e. The Hall–Kier alpha value is -2.57. The van der Waals surface area contributed by atoms with Crippen LogP contribution in [0.3, 0.4) is 0 Å². The molecule has 0 saturated heterocycles. The maximum Gasteiger partial charge on any atom is 0.325 e. The number of benzene rings is 2. The first kappa shape index (κ1) is 28.7. The van der Waals surface area contributed by atoms with E-state index in [-0.39, 0.29) is 16.6 Å². The molecule has 0 aliphatic carbocycles. The van der Waals surface area contributed by atoms with Crippen molar-refractivity contribution in [3.63, 3.8) is 0 Å². The molecule has 0 fully saturated rings. The fourth-order valence-corrected chi connectivity index (χ4v) is 4.07. The smallest absolute Gasteiger partial charge is 0.325 e. The summed E-state index contributed by atoms with van der Waals surface area (Å²) in [7, 11) is 0. The zero-order valence-electron chi connectivity index (χ0n) is 22.7. The van der Waals surface area contributed by atoms with E-state index in [0.717, 1.165) is 42.1 Å². The first-order valence-corrected chi connectivity index (χ1v) is 12.6. The van der Waals surface area contributed by atoms with Crippen molar-refractivity contribution in [3.05, 3.63) is 58.7 Å². The second-order valence-electron chi connectivity index (χ2n) is 11.1. The van der Waals surface area contributed by atoms with E-state index in [1.165, 1.54) is 0 Å². The van der Waals surface area contributed by atoms with Gasteiger partial charge >= 0.3 is 5.97 Å². The molecule has 0 saturated carbocycles. The number of nitrogens with zero attached hydrogens (tertiary/aromatic N) is 1. The average Bonchev–Trinajstić information content (AvgIpc) is 2.76. The van der Waals surface area contributed by atoms with Gasteiger partial charge in [-0.3, -0.25) is 10.1 Å². The highest BCUT2D eigenvalue weighted by atomic mass is 16.5. The van der Waals surface area contributed by atoms with Crippen molar-refractivity contribution in [2.24, 2.45) is 0 Å². The molecule has 2 aromatic rings. The molecule has 35 heavy (non-hydrogen) atoms. The van der Waals surface area contributed by atoms with Crippen LogP contribution in [0, 0.1) is 0 Å². The number of likely N-dealkylation sites (N-methyl/N-ethyl adjacent to an activating group) is 1. The number of hydrogen-bond acceptors (Lipinski definition) is 5. The van der Waals surface area contributed by atoms with Gasteiger partial charge in [-0.15, -0.1) is 0 Å². The number of carbonyl (C=O) groups is 1. The lowest BCUT2D eigenvalue weighted by atomic mass is 9.77. The van der Waals surface area contributed by atoms with Gasteiger partial charge in [0.05, 0.1) is 0 Å². The third kappa shape index (κ3) is 7.97. The van der Waals surface area contributed by atoms with Crippen molar-refractivity contribution in [2.75, 3.05) is 26.2 Å². The van der Waals surface area contributed by atoms with E-state index in [4.69, 9.17) is 4.74 Å². The summed E-state index contributed by atoms with van der Waals surface area (Å²) in [6.45, 7) is 20.3. The van der Waals surface area contributed by atoms with Crippen LogP contribution in [-0.2, 0) is 22.2 Å². The van der Waals surface area contributed by atoms with Crippen molar-refractivity contribution >= 4 is 5.97 Å². The van der Waals surface area contributed by atoms with Crippen molar-refractivity contribution in [1.82, 2.24) is 10.2 Å². The molecule has 0 radical (unpaired) electrons. The molecule has 0 aliphatic rings. The van der Waals surface area contributed by atoms with Crippen LogP contribution >= 0.6 is 0 Å². The Labute approximate surface area is 211 Å². The summed E-state index contributed by atoms with van der Waals surface area (Å²) in [5.74, 6) is 0.0973. The highest BCUT2D eigenvalue weighted by molar-refractivity contribution is 5.76. The number of aromatic hydroxyl groups is 1. The van der Waals surface area contributed by atoms with Crippen molar-refractivity contribution in [1.29, 1.82) is 0 Å². The van der Waals surface area contributed by atoms with Crippen LogP contribution in [0.5, 0.6) is 11.5 Å². The molecule has 0 amide bonds. The van der Waals surface area contributed by atoms with E-state index in [2.05, 4.69) is 24.1 Å². The van der Waals surface area contributed by atoms with Crippen LogP contribution < -0.4 is 10.1 Å². The monoisotopic (exact) mass is 484 g/mol. The predicted octanol–water partition coefficient (Wildman–Crippen LogP) is 5.62. The van der Waals surface area contributed by atoms with Gasteiger partial charge in [0.25, 0.3) is 0 Å². The minimum atomic E-state index is -0.952. The molecule has 6 nitrogen and oxygen atoms in total. The number of carboxylic acids is 1. The number of rotatable bonds is 11. The number of phenolic OH excluding ortho intramolecular Hbond substituents is 1. The second-order valence-corrected chi connectivity index (χ2v) is 11.1. The fraction of sp³-hybridized carbons (Fsp3) is 0.552. The molecule has 0 spiro atoms. The topological polar surface area (TPSA) is 82.0 Å². The van der Waals surface area contributed by atoms with Crippen LogP contribution in [0.25, 0.3) is 0 Å². The number of hydrogen-bond donors (Lipinski definition) is 3. The van der Waals surface area contributed by atoms with Gasteiger partial charge < -0.3 is 19.8 Å². The van der Waals surface area contributed by atoms with Crippen LogP contribution in [0.15, 0.2) is 36.4 Å². The zero-order valence-corrected chi connectivity index (χ0v) is 22.7. The molecule has 0 aromatic heterocycles. The Morgan fingerprint density at radius 2 is 1.49 bits per heavy atom. The first-order valence-electron chi connectivity index (χ1n) is 12.6. The lowest BCUT2D eigenvalue weighted by molar-refractivity contribution is -0.139. The molecule has 1 atom stereocenters. The van der Waals surface area contributed by atoms with Gasteiger partial charge in [0.15, 0.2) is 0 Å². The third-order valence-electron chi connectivity index (χ3n) is 6.33. The van der Waals surface area contributed by atoms with Gasteiger partial charge in [-0.2, -0.15) is 0 Å². The standard InChI is InChI=1S/C29H44N2O4/c1-9-31(10-2)15-16-35-22-13-11-20(12-14-22)19-30-25(27(33)34)21-17-23(28(3,4)5)26(32)24(18-21)29(6,7)8/h11-14,17-18,25,30,32H,9-10,15-16,19H2,1-8H3,(H,33,34). The highest BCUT2D eigenvalue weighted by Gasteiger charge is 2.30. The molecule has 2 aromatic carbocycles. The fourth-order valence-electron chi connectivity index (χ4n) is 4.07. The van der Waals surface area contributed by atoms with Crippen molar-refractivity contribution in [2.45, 2.75) is 78.8 Å². The van der Waals surface area contributed by atoms with Gasteiger partial charge in [-0.1, -0.05) is 67.5 Å². The predicted molar refractivity (Wildman–Crippen MR) is 142 cm³/mol. The van der Waals surface area contributed by atoms with Gasteiger partial charge in [-0.25, -0.2) is 0 Å². The number of nitrogens with one attached hydrogen (secondary N) is 1. The second kappa shape index (κ2) is 11.9. The molecule has 6 heteroatoms. The normalized spacial score (nSPS) is 13.2. The van der Waals surface area contributed by atoms with Crippen molar-refractivity contribution < 1.29 is 19.7 Å². The van der Waals surface area contributed by atoms with E-state index < -0.39 is 12.0 Å². The highest BCUT2D eigenvalue weighted by Crippen LogP contribution is 2.41. The third-order valence-corrected chi connectivity index (χ3v) is 6.33. The molecule has 3 N–H and O–H groups in total. The zero-order chi connectivity index (χ0) is 26.4. The quantitative estimate of drug-likeness (QED) is 0.384. The molecular weight excluding hydrogens is 440 g/mol. The summed E-state index contributed by atoms with van der Waals surface area (Å²) < 4.78 is 5.85. The molecule has 0 heterocycles. The minimum absolute atomic E-state index is 0.245. The summed E-state index contributed by atoms with van der Waals surface area (Å²) in [5, 5.41) is 24.2. The number of ether oxygens (including phenoxy) is 1. The van der Waals surface area contributed by atoms with E-state index >= 15 is 0 Å². The number of carboxylic acid groups (broad SMARTS) is 1. The Morgan fingerprint density at radius 1 is 0.971 bits per heavy atom. The SMILES string of the molecule is CCN(CC)CCOc1ccc(CNC(C(=O)O)c2cc(C(C)(C)C)c(O)c(C(C)(C)C)c2)cc1. The minimum Gasteiger partial charge on any atom is -0.507 e. The van der Waals surface area contributed by atoms with Crippen molar-refractivity contribution in [3.8, 4) is 11.5 Å². The maximum absolute atomic E-state index is 12.3. The summed E-state index contributed by atoms with van der Waals surface area (Å²) in [6, 6.07) is 10.5. The summed E-state index contributed by atoms with van der Waals surface area (Å²) in [5.41, 5.74) is 2.45. The Balaban J connectivity index is 2.19. The first-order chi connectivity index (χ1) is 16.3. The van der Waals surface area contributed by atoms with Gasteiger partial charge in [0, 0.05) is 13.1 Å². The average molecular weight is 485 g/mol. The molecular formula is C29H44N2O4. The summed E-state index contributed by atoms with van der Waals surface area (Å²) >= 11 is 0. The lowest BCUT2D eigenvalue weighted by Gasteiger charge is -2.29. The van der Waals surface area contributed by atoms with E-state index in [0.29, 0.717) is 18.7 Å². The van der Waals surface area contributed by atoms with Crippen LogP contribution in [0.1, 0.15) is 83.7 Å². The van der Waals surface area contributed by atoms with Gasteiger partial charge in [0.2, 0.25) is 0 Å². The Bertz CT molecular complexity index is 933. The lowest BCUT2D eigenvalue weighted by Crippen LogP contribution is -2.29.